The Morgan fingerprint density at radius 2 is 1.85 bits per heavy atom. The number of thiophene rings is 1. The molecule has 0 radical (unpaired) electrons. The predicted octanol–water partition coefficient (Wildman–Crippen LogP) is 4.19. The van der Waals surface area contributed by atoms with Crippen molar-refractivity contribution in [3.05, 3.63) is 65.0 Å². The van der Waals surface area contributed by atoms with Gasteiger partial charge < -0.3 is 9.84 Å². The van der Waals surface area contributed by atoms with E-state index in [0.29, 0.717) is 6.42 Å². The van der Waals surface area contributed by atoms with Gasteiger partial charge in [0.1, 0.15) is 5.75 Å². The van der Waals surface area contributed by atoms with E-state index in [-0.39, 0.29) is 0 Å². The quantitative estimate of drug-likeness (QED) is 0.778. The molecule has 0 aliphatic heterocycles. The van der Waals surface area contributed by atoms with E-state index in [1.54, 1.807) is 18.4 Å². The molecule has 2 aromatic carbocycles. The van der Waals surface area contributed by atoms with Gasteiger partial charge in [-0.3, -0.25) is 0 Å². The number of ether oxygens (including phenoxy) is 1. The highest BCUT2D eigenvalue weighted by molar-refractivity contribution is 7.19. The lowest BCUT2D eigenvalue weighted by Crippen LogP contribution is -2.01. The van der Waals surface area contributed by atoms with Gasteiger partial charge in [0, 0.05) is 16.0 Å². The third-order valence-electron chi connectivity index (χ3n) is 3.38. The topological polar surface area (TPSA) is 29.5 Å². The summed E-state index contributed by atoms with van der Waals surface area (Å²) in [5, 5.41) is 11.6. The first-order valence-electron chi connectivity index (χ1n) is 6.56. The molecule has 0 amide bonds. The number of hydrogen-bond acceptors (Lipinski definition) is 3. The minimum atomic E-state index is -0.497. The van der Waals surface area contributed by atoms with Crippen molar-refractivity contribution in [2.75, 3.05) is 7.11 Å². The van der Waals surface area contributed by atoms with Gasteiger partial charge in [-0.2, -0.15) is 0 Å². The molecule has 3 rings (SSSR count). The third-order valence-corrected chi connectivity index (χ3v) is 4.60. The summed E-state index contributed by atoms with van der Waals surface area (Å²) < 4.78 is 6.54. The minimum absolute atomic E-state index is 0.497. The number of para-hydroxylation sites is 1. The van der Waals surface area contributed by atoms with Crippen LogP contribution in [-0.4, -0.2) is 12.2 Å². The van der Waals surface area contributed by atoms with Gasteiger partial charge in [-0.05, 0) is 29.1 Å². The summed E-state index contributed by atoms with van der Waals surface area (Å²) in [6.07, 6.45) is 0.0697. The van der Waals surface area contributed by atoms with Crippen LogP contribution in [-0.2, 0) is 6.42 Å². The normalized spacial score (nSPS) is 12.5. The Kier molecular flexibility index (Phi) is 3.72. The van der Waals surface area contributed by atoms with Gasteiger partial charge in [0.05, 0.1) is 13.2 Å². The molecule has 1 unspecified atom stereocenters. The minimum Gasteiger partial charge on any atom is -0.496 e. The predicted molar refractivity (Wildman–Crippen MR) is 83.5 cm³/mol. The number of benzene rings is 2. The molecule has 0 aliphatic rings. The number of aliphatic hydroxyl groups excluding tert-OH is 1. The molecule has 0 fully saturated rings. The zero-order chi connectivity index (χ0) is 13.9. The highest BCUT2D eigenvalue weighted by Crippen LogP contribution is 2.32. The van der Waals surface area contributed by atoms with Crippen molar-refractivity contribution in [1.29, 1.82) is 0 Å². The fourth-order valence-electron chi connectivity index (χ4n) is 2.35. The van der Waals surface area contributed by atoms with Gasteiger partial charge in [-0.15, -0.1) is 11.3 Å². The van der Waals surface area contributed by atoms with Gasteiger partial charge in [-0.1, -0.05) is 36.4 Å². The molecule has 0 saturated heterocycles. The molecule has 3 aromatic rings. The first-order valence-corrected chi connectivity index (χ1v) is 7.38. The molecule has 1 heterocycles. The van der Waals surface area contributed by atoms with E-state index in [1.165, 1.54) is 10.1 Å². The zero-order valence-corrected chi connectivity index (χ0v) is 12.1. The van der Waals surface area contributed by atoms with E-state index in [2.05, 4.69) is 18.2 Å². The summed E-state index contributed by atoms with van der Waals surface area (Å²) in [6.45, 7) is 0. The van der Waals surface area contributed by atoms with E-state index in [9.17, 15) is 5.11 Å². The van der Waals surface area contributed by atoms with Gasteiger partial charge >= 0.3 is 0 Å². The maximum absolute atomic E-state index is 10.4. The van der Waals surface area contributed by atoms with Crippen molar-refractivity contribution < 1.29 is 9.84 Å². The maximum atomic E-state index is 10.4. The fraction of sp³-hybridized carbons (Fsp3) is 0.176. The van der Waals surface area contributed by atoms with Crippen molar-refractivity contribution in [3.63, 3.8) is 0 Å². The van der Waals surface area contributed by atoms with Crippen LogP contribution in [0.2, 0.25) is 0 Å². The summed E-state index contributed by atoms with van der Waals surface area (Å²) in [7, 11) is 1.66. The van der Waals surface area contributed by atoms with Crippen LogP contribution in [0.1, 0.15) is 16.5 Å². The Labute approximate surface area is 122 Å². The average Bonchev–Trinajstić information content (AvgIpc) is 2.92. The Morgan fingerprint density at radius 3 is 2.65 bits per heavy atom. The van der Waals surface area contributed by atoms with Gasteiger partial charge in [0.25, 0.3) is 0 Å². The second kappa shape index (κ2) is 5.65. The molecular weight excluding hydrogens is 268 g/mol. The van der Waals surface area contributed by atoms with Crippen LogP contribution in [0.15, 0.2) is 54.6 Å². The number of methoxy groups -OCH3 is 1. The van der Waals surface area contributed by atoms with E-state index < -0.39 is 6.10 Å². The zero-order valence-electron chi connectivity index (χ0n) is 11.2. The summed E-state index contributed by atoms with van der Waals surface area (Å²) in [5.74, 6) is 0.827. The van der Waals surface area contributed by atoms with Crippen LogP contribution in [0, 0.1) is 0 Å². The second-order valence-corrected chi connectivity index (χ2v) is 5.83. The molecule has 3 heteroatoms. The molecule has 2 nitrogen and oxygen atoms in total. The molecule has 1 aromatic heterocycles. The van der Waals surface area contributed by atoms with Crippen molar-refractivity contribution in [1.82, 2.24) is 0 Å². The van der Waals surface area contributed by atoms with Crippen molar-refractivity contribution in [2.24, 2.45) is 0 Å². The lowest BCUT2D eigenvalue weighted by atomic mass is 10.1. The Hall–Kier alpha value is -1.84. The number of fused-ring (bicyclic) bond motifs is 1. The molecule has 0 spiro atoms. The highest BCUT2D eigenvalue weighted by atomic mass is 32.1. The van der Waals surface area contributed by atoms with Crippen LogP contribution in [0.25, 0.3) is 10.1 Å². The smallest absolute Gasteiger partial charge is 0.122 e. The monoisotopic (exact) mass is 284 g/mol. The first kappa shape index (κ1) is 13.2. The largest absolute Gasteiger partial charge is 0.496 e. The van der Waals surface area contributed by atoms with E-state index in [4.69, 9.17) is 4.74 Å². The Morgan fingerprint density at radius 1 is 1.10 bits per heavy atom. The molecule has 1 atom stereocenters. The number of aliphatic hydroxyl groups is 1. The fourth-order valence-corrected chi connectivity index (χ4v) is 3.40. The summed E-state index contributed by atoms with van der Waals surface area (Å²) in [5.41, 5.74) is 1.03. The Balaban J connectivity index is 1.87. The maximum Gasteiger partial charge on any atom is 0.122 e. The molecule has 20 heavy (non-hydrogen) atoms. The molecule has 102 valence electrons. The molecular formula is C17H16O2S. The van der Waals surface area contributed by atoms with Crippen LogP contribution in [0.4, 0.5) is 0 Å². The van der Waals surface area contributed by atoms with Crippen molar-refractivity contribution in [2.45, 2.75) is 12.5 Å². The highest BCUT2D eigenvalue weighted by Gasteiger charge is 2.14. The average molecular weight is 284 g/mol. The second-order valence-electron chi connectivity index (χ2n) is 4.72. The van der Waals surface area contributed by atoms with Crippen LogP contribution in [0.5, 0.6) is 5.75 Å². The van der Waals surface area contributed by atoms with Gasteiger partial charge in [0.15, 0.2) is 0 Å². The van der Waals surface area contributed by atoms with Gasteiger partial charge in [0.2, 0.25) is 0 Å². The summed E-state index contributed by atoms with van der Waals surface area (Å²) >= 11 is 1.65. The lowest BCUT2D eigenvalue weighted by Gasteiger charge is -2.11. The lowest BCUT2D eigenvalue weighted by molar-refractivity contribution is 0.181. The standard InChI is InChI=1S/C17H16O2S/c1-19-15-8-4-2-6-12(15)10-14(18)17-11-13-7-3-5-9-16(13)20-17/h2-9,11,14,18H,10H2,1H3. The van der Waals surface area contributed by atoms with Crippen LogP contribution in [0.3, 0.4) is 0 Å². The Bertz CT molecular complexity index is 685. The van der Waals surface area contributed by atoms with Gasteiger partial charge in [-0.25, -0.2) is 0 Å². The van der Waals surface area contributed by atoms with Crippen molar-refractivity contribution >= 4 is 21.4 Å². The number of hydrogen-bond donors (Lipinski definition) is 1. The van der Waals surface area contributed by atoms with Crippen LogP contribution < -0.4 is 4.74 Å². The van der Waals surface area contributed by atoms with Crippen molar-refractivity contribution in [3.8, 4) is 5.75 Å². The SMILES string of the molecule is COc1ccccc1CC(O)c1cc2ccccc2s1. The van der Waals surface area contributed by atoms with E-state index >= 15 is 0 Å². The van der Waals surface area contributed by atoms with E-state index in [1.807, 2.05) is 36.4 Å². The first-order chi connectivity index (χ1) is 9.78. The summed E-state index contributed by atoms with van der Waals surface area (Å²) in [4.78, 5) is 0.997. The summed E-state index contributed by atoms with van der Waals surface area (Å²) in [6, 6.07) is 18.1. The molecule has 0 saturated carbocycles. The van der Waals surface area contributed by atoms with E-state index in [0.717, 1.165) is 16.2 Å². The molecule has 0 aliphatic carbocycles. The van der Waals surface area contributed by atoms with Crippen LogP contribution >= 0.6 is 11.3 Å². The number of rotatable bonds is 4. The third kappa shape index (κ3) is 2.55. The molecule has 1 N–H and O–H groups in total. The molecule has 0 bridgehead atoms.